The number of amides is 3. The molecule has 2 N–H and O–H groups in total. The summed E-state index contributed by atoms with van der Waals surface area (Å²) in [6.07, 6.45) is 4.45. The highest BCUT2D eigenvalue weighted by Crippen LogP contribution is 2.21. The van der Waals surface area contributed by atoms with Gasteiger partial charge in [-0.1, -0.05) is 74.9 Å². The van der Waals surface area contributed by atoms with E-state index in [1.165, 1.54) is 0 Å². The molecule has 3 amide bonds. The molecule has 0 aliphatic heterocycles. The van der Waals surface area contributed by atoms with Crippen LogP contribution in [0.4, 0.5) is 4.79 Å². The second-order valence-electron chi connectivity index (χ2n) is 10.1. The van der Waals surface area contributed by atoms with E-state index in [4.69, 9.17) is 5.26 Å². The summed E-state index contributed by atoms with van der Waals surface area (Å²) in [6.45, 7) is 5.55. The Bertz CT molecular complexity index is 1480. The number of urea groups is 1. The van der Waals surface area contributed by atoms with Gasteiger partial charge < -0.3 is 20.1 Å². The second-order valence-corrected chi connectivity index (χ2v) is 10.1. The molecule has 1 heterocycles. The minimum Gasteiger partial charge on any atom is -0.351 e. The summed E-state index contributed by atoms with van der Waals surface area (Å²) in [5.41, 5.74) is 3.48. The molecule has 0 saturated carbocycles. The van der Waals surface area contributed by atoms with Crippen molar-refractivity contribution in [2.45, 2.75) is 45.8 Å². The van der Waals surface area contributed by atoms with Gasteiger partial charge in [0.2, 0.25) is 5.91 Å². The fourth-order valence-electron chi connectivity index (χ4n) is 4.84. The summed E-state index contributed by atoms with van der Waals surface area (Å²) in [7, 11) is 1.63. The van der Waals surface area contributed by atoms with Gasteiger partial charge in [0.05, 0.1) is 24.4 Å². The van der Waals surface area contributed by atoms with Gasteiger partial charge in [-0.3, -0.25) is 4.79 Å². The van der Waals surface area contributed by atoms with Crippen molar-refractivity contribution in [1.29, 1.82) is 5.26 Å². The third kappa shape index (κ3) is 7.06. The van der Waals surface area contributed by atoms with Crippen LogP contribution >= 0.6 is 0 Å². The molecule has 1 aromatic heterocycles. The zero-order valence-corrected chi connectivity index (χ0v) is 23.3. The Hall–Kier alpha value is -4.64. The Labute approximate surface area is 235 Å². The third-order valence-corrected chi connectivity index (χ3v) is 7.41. The molecule has 0 unspecified atom stereocenters. The molecule has 3 aromatic carbocycles. The van der Waals surface area contributed by atoms with E-state index < -0.39 is 0 Å². The summed E-state index contributed by atoms with van der Waals surface area (Å²) in [5, 5.41) is 17.2. The highest BCUT2D eigenvalue weighted by molar-refractivity contribution is 5.86. The van der Waals surface area contributed by atoms with Crippen LogP contribution in [-0.4, -0.2) is 46.0 Å². The number of carbonyl (C=O) groups excluding carboxylic acids is 2. The van der Waals surface area contributed by atoms with Crippen molar-refractivity contribution in [3.8, 4) is 6.07 Å². The number of hydrogen-bond acceptors (Lipinski definition) is 4. The molecule has 0 spiro atoms. The van der Waals surface area contributed by atoms with Crippen molar-refractivity contribution in [3.63, 3.8) is 0 Å². The fourth-order valence-corrected chi connectivity index (χ4v) is 4.84. The first-order valence-corrected chi connectivity index (χ1v) is 13.6. The molecule has 8 heteroatoms. The first kappa shape index (κ1) is 28.4. The van der Waals surface area contributed by atoms with Crippen molar-refractivity contribution < 1.29 is 9.59 Å². The number of hydrogen-bond donors (Lipinski definition) is 2. The molecule has 4 rings (SSSR count). The zero-order chi connectivity index (χ0) is 28.5. The first-order chi connectivity index (χ1) is 19.4. The summed E-state index contributed by atoms with van der Waals surface area (Å²) in [4.78, 5) is 32.3. The van der Waals surface area contributed by atoms with Crippen LogP contribution in [0.3, 0.4) is 0 Å². The molecule has 0 radical (unpaired) electrons. The number of fused-ring (bicyclic) bond motifs is 1. The van der Waals surface area contributed by atoms with Gasteiger partial charge in [-0.2, -0.15) is 5.26 Å². The molecular weight excluding hydrogens is 500 g/mol. The maximum atomic E-state index is 13.3. The Morgan fingerprint density at radius 3 is 2.55 bits per heavy atom. The van der Waals surface area contributed by atoms with Gasteiger partial charge in [0.25, 0.3) is 0 Å². The molecule has 0 saturated heterocycles. The maximum absolute atomic E-state index is 13.3. The molecule has 0 bridgehead atoms. The van der Waals surface area contributed by atoms with Crippen LogP contribution in [0.5, 0.6) is 0 Å². The van der Waals surface area contributed by atoms with E-state index in [9.17, 15) is 9.59 Å². The molecule has 2 atom stereocenters. The monoisotopic (exact) mass is 536 g/mol. The van der Waals surface area contributed by atoms with Gasteiger partial charge in [-0.25, -0.2) is 9.78 Å². The van der Waals surface area contributed by atoms with Crippen molar-refractivity contribution >= 4 is 22.7 Å². The fraction of sp³-hybridized carbons (Fsp3) is 0.312. The van der Waals surface area contributed by atoms with Gasteiger partial charge in [-0.05, 0) is 39.9 Å². The molecule has 0 fully saturated rings. The molecular formula is C32H36N6O2. The molecule has 8 nitrogen and oxygen atoms in total. The lowest BCUT2D eigenvalue weighted by Gasteiger charge is -2.31. The van der Waals surface area contributed by atoms with E-state index in [2.05, 4.69) is 53.7 Å². The van der Waals surface area contributed by atoms with Crippen LogP contribution < -0.4 is 10.6 Å². The predicted molar refractivity (Wildman–Crippen MR) is 156 cm³/mol. The lowest BCUT2D eigenvalue weighted by Crippen LogP contribution is -2.50. The largest absolute Gasteiger partial charge is 0.351 e. The lowest BCUT2D eigenvalue weighted by molar-refractivity contribution is -0.121. The van der Waals surface area contributed by atoms with E-state index in [1.807, 2.05) is 41.0 Å². The maximum Gasteiger partial charge on any atom is 0.317 e. The van der Waals surface area contributed by atoms with Crippen molar-refractivity contribution in [1.82, 2.24) is 25.1 Å². The minimum absolute atomic E-state index is 0.117. The molecule has 206 valence electrons. The number of carbonyl (C=O) groups is 2. The predicted octanol–water partition coefficient (Wildman–Crippen LogP) is 4.87. The van der Waals surface area contributed by atoms with Gasteiger partial charge in [-0.15, -0.1) is 0 Å². The van der Waals surface area contributed by atoms with Crippen LogP contribution in [0.25, 0.3) is 10.8 Å². The molecule has 0 aliphatic rings. The lowest BCUT2D eigenvalue weighted by atomic mass is 9.97. The van der Waals surface area contributed by atoms with E-state index in [0.717, 1.165) is 34.0 Å². The van der Waals surface area contributed by atoms with E-state index in [-0.39, 0.29) is 30.3 Å². The van der Waals surface area contributed by atoms with E-state index >= 15 is 0 Å². The number of rotatable bonds is 11. The topological polar surface area (TPSA) is 103 Å². The Morgan fingerprint density at radius 2 is 1.82 bits per heavy atom. The second kappa shape index (κ2) is 13.4. The van der Waals surface area contributed by atoms with Crippen LogP contribution in [0.15, 0.2) is 79.3 Å². The SMILES string of the molecule is CC[C@H](C)[C@@H](CN(Cc1cccc2ccccc12)C(=O)NC)NC(=O)Cc1cncn1Cc1ccc(C#N)cc1. The minimum atomic E-state index is -0.223. The smallest absolute Gasteiger partial charge is 0.317 e. The number of nitriles is 1. The average molecular weight is 537 g/mol. The van der Waals surface area contributed by atoms with E-state index in [1.54, 1.807) is 36.6 Å². The van der Waals surface area contributed by atoms with Crippen LogP contribution in [-0.2, 0) is 24.3 Å². The highest BCUT2D eigenvalue weighted by atomic mass is 16.2. The van der Waals surface area contributed by atoms with Gasteiger partial charge >= 0.3 is 6.03 Å². The number of nitrogens with one attached hydrogen (secondary N) is 2. The van der Waals surface area contributed by atoms with Gasteiger partial charge in [0.15, 0.2) is 0 Å². The molecule has 40 heavy (non-hydrogen) atoms. The van der Waals surface area contributed by atoms with Crippen LogP contribution in [0.2, 0.25) is 0 Å². The van der Waals surface area contributed by atoms with E-state index in [0.29, 0.717) is 25.2 Å². The third-order valence-electron chi connectivity index (χ3n) is 7.41. The van der Waals surface area contributed by atoms with Crippen molar-refractivity contribution in [2.75, 3.05) is 13.6 Å². The summed E-state index contributed by atoms with van der Waals surface area (Å²) < 4.78 is 1.94. The van der Waals surface area contributed by atoms with Gasteiger partial charge in [0.1, 0.15) is 0 Å². The zero-order valence-electron chi connectivity index (χ0n) is 23.3. The summed E-state index contributed by atoms with van der Waals surface area (Å²) >= 11 is 0. The van der Waals surface area contributed by atoms with Gasteiger partial charge in [0, 0.05) is 44.6 Å². The average Bonchev–Trinajstić information content (AvgIpc) is 3.41. The highest BCUT2D eigenvalue weighted by Gasteiger charge is 2.25. The Balaban J connectivity index is 1.47. The molecule has 0 aliphatic carbocycles. The number of aromatic nitrogens is 2. The van der Waals surface area contributed by atoms with Crippen molar-refractivity contribution in [2.24, 2.45) is 5.92 Å². The normalized spacial score (nSPS) is 12.3. The Morgan fingerprint density at radius 1 is 1.07 bits per heavy atom. The quantitative estimate of drug-likeness (QED) is 0.285. The van der Waals surface area contributed by atoms with Crippen LogP contribution in [0.1, 0.15) is 42.7 Å². The number of imidazole rings is 1. The summed E-state index contributed by atoms with van der Waals surface area (Å²) in [5.74, 6) is 0.0427. The standard InChI is InChI=1S/C32H36N6O2/c1-4-23(2)30(21-37(32(40)34-3)20-27-10-7-9-26-8-5-6-11-29(26)27)36-31(39)16-28-18-35-22-38(28)19-25-14-12-24(17-33)13-15-25/h5-15,18,22-23,30H,4,16,19-21H2,1-3H3,(H,34,40)(H,36,39)/t23-,30+/m0/s1. The Kier molecular flexibility index (Phi) is 9.53. The number of nitrogens with zero attached hydrogens (tertiary/aromatic N) is 4. The summed E-state index contributed by atoms with van der Waals surface area (Å²) in [6, 6.07) is 23.4. The van der Waals surface area contributed by atoms with Crippen LogP contribution in [0, 0.1) is 17.2 Å². The molecule has 4 aromatic rings. The first-order valence-electron chi connectivity index (χ1n) is 13.6. The van der Waals surface area contributed by atoms with Crippen molar-refractivity contribution in [3.05, 3.63) is 102 Å². The number of benzene rings is 3.